The average molecular weight is 416 g/mol. The smallest absolute Gasteiger partial charge is 0.257 e. The van der Waals surface area contributed by atoms with Gasteiger partial charge in [0.05, 0.1) is 28.7 Å². The summed E-state index contributed by atoms with van der Waals surface area (Å²) >= 11 is 0. The molecule has 31 heavy (non-hydrogen) atoms. The van der Waals surface area contributed by atoms with Gasteiger partial charge in [-0.25, -0.2) is 0 Å². The summed E-state index contributed by atoms with van der Waals surface area (Å²) in [5.41, 5.74) is 4.55. The maximum absolute atomic E-state index is 13.2. The van der Waals surface area contributed by atoms with Gasteiger partial charge in [-0.2, -0.15) is 5.10 Å². The molecule has 0 radical (unpaired) electrons. The molecule has 0 unspecified atom stereocenters. The molecule has 1 fully saturated rings. The van der Waals surface area contributed by atoms with Gasteiger partial charge in [0.2, 0.25) is 0 Å². The van der Waals surface area contributed by atoms with E-state index in [9.17, 15) is 4.79 Å². The molecule has 1 amide bonds. The van der Waals surface area contributed by atoms with Gasteiger partial charge in [-0.05, 0) is 38.1 Å². The minimum absolute atomic E-state index is 0.213. The highest BCUT2D eigenvalue weighted by Crippen LogP contribution is 2.29. The number of amides is 1. The van der Waals surface area contributed by atoms with E-state index < -0.39 is 0 Å². The lowest BCUT2D eigenvalue weighted by atomic mass is 10.1. The number of carbonyl (C=O) groups excluding carboxylic acids is 1. The summed E-state index contributed by atoms with van der Waals surface area (Å²) < 4.78 is 1.79. The molecule has 158 valence electrons. The van der Waals surface area contributed by atoms with Crippen molar-refractivity contribution in [1.29, 1.82) is 0 Å². The molecule has 0 spiro atoms. The predicted octanol–water partition coefficient (Wildman–Crippen LogP) is 2.96. The predicted molar refractivity (Wildman–Crippen MR) is 122 cm³/mol. The summed E-state index contributed by atoms with van der Waals surface area (Å²) in [5, 5.41) is 11.8. The van der Waals surface area contributed by atoms with Crippen molar-refractivity contribution in [2.75, 3.05) is 23.3 Å². The van der Waals surface area contributed by atoms with Crippen molar-refractivity contribution in [1.82, 2.24) is 25.1 Å². The fourth-order valence-corrected chi connectivity index (χ4v) is 4.48. The van der Waals surface area contributed by atoms with Crippen LogP contribution in [0.25, 0.3) is 21.9 Å². The summed E-state index contributed by atoms with van der Waals surface area (Å²) in [6.45, 7) is 6.11. The van der Waals surface area contributed by atoms with E-state index in [2.05, 4.69) is 44.4 Å². The lowest BCUT2D eigenvalue weighted by Gasteiger charge is -2.38. The monoisotopic (exact) mass is 415 g/mol. The standard InChI is InChI=1S/C23H25N7O/c1-14-12-30(13-15(2)27-14)20-8-7-16(21-22(20)25-10-9-24-21)23(31)28-18-5-4-6-19-17(18)11-26-29(19)3/h4-11,14-15,27H,12-13H2,1-3H3,(H,28,31)/t14-,15+. The summed E-state index contributed by atoms with van der Waals surface area (Å²) in [4.78, 5) is 24.7. The normalized spacial score (nSPS) is 19.1. The fourth-order valence-electron chi connectivity index (χ4n) is 4.48. The van der Waals surface area contributed by atoms with Crippen LogP contribution < -0.4 is 15.5 Å². The first kappa shape index (κ1) is 19.4. The number of aromatic nitrogens is 4. The van der Waals surface area contributed by atoms with E-state index in [0.717, 1.165) is 40.9 Å². The molecule has 1 saturated heterocycles. The first-order valence-corrected chi connectivity index (χ1v) is 10.5. The molecule has 0 aliphatic carbocycles. The van der Waals surface area contributed by atoms with Crippen LogP contribution in [0.5, 0.6) is 0 Å². The van der Waals surface area contributed by atoms with E-state index in [1.165, 1.54) is 0 Å². The van der Waals surface area contributed by atoms with Crippen molar-refractivity contribution in [2.24, 2.45) is 7.05 Å². The number of fused-ring (bicyclic) bond motifs is 2. The molecule has 4 aromatic rings. The highest BCUT2D eigenvalue weighted by Gasteiger charge is 2.24. The number of carbonyl (C=O) groups is 1. The molecule has 5 rings (SSSR count). The number of nitrogens with zero attached hydrogens (tertiary/aromatic N) is 5. The third-order valence-corrected chi connectivity index (χ3v) is 5.79. The van der Waals surface area contributed by atoms with Crippen molar-refractivity contribution < 1.29 is 4.79 Å². The number of benzene rings is 2. The zero-order valence-electron chi connectivity index (χ0n) is 17.8. The van der Waals surface area contributed by atoms with Crippen LogP contribution in [-0.2, 0) is 7.05 Å². The molecule has 2 N–H and O–H groups in total. The second-order valence-corrected chi connectivity index (χ2v) is 8.22. The minimum atomic E-state index is -0.213. The van der Waals surface area contributed by atoms with Gasteiger partial charge in [-0.3, -0.25) is 19.4 Å². The molecule has 2 atom stereocenters. The Morgan fingerprint density at radius 3 is 2.58 bits per heavy atom. The Labute approximate surface area is 180 Å². The second kappa shape index (κ2) is 7.63. The number of hydrogen-bond donors (Lipinski definition) is 2. The minimum Gasteiger partial charge on any atom is -0.367 e. The number of anilines is 2. The lowest BCUT2D eigenvalue weighted by molar-refractivity contribution is 0.102. The van der Waals surface area contributed by atoms with Crippen LogP contribution in [0.2, 0.25) is 0 Å². The molecule has 0 bridgehead atoms. The molecule has 1 aliphatic rings. The fraction of sp³-hybridized carbons (Fsp3) is 0.304. The van der Waals surface area contributed by atoms with Crippen LogP contribution in [0.3, 0.4) is 0 Å². The van der Waals surface area contributed by atoms with Gasteiger partial charge in [0.1, 0.15) is 11.0 Å². The SMILES string of the molecule is C[C@@H]1CN(c2ccc(C(=O)Nc3cccc4c3cnn4C)c3nccnc23)C[C@H](C)N1. The zero-order valence-corrected chi connectivity index (χ0v) is 17.8. The Hall–Kier alpha value is -3.52. The van der Waals surface area contributed by atoms with Crippen molar-refractivity contribution >= 4 is 39.2 Å². The Bertz CT molecular complexity index is 1270. The summed E-state index contributed by atoms with van der Waals surface area (Å²) in [7, 11) is 1.88. The highest BCUT2D eigenvalue weighted by atomic mass is 16.1. The molecule has 0 saturated carbocycles. The van der Waals surface area contributed by atoms with Crippen molar-refractivity contribution in [3.63, 3.8) is 0 Å². The van der Waals surface area contributed by atoms with E-state index >= 15 is 0 Å². The van der Waals surface area contributed by atoms with Crippen LogP contribution in [0.15, 0.2) is 48.9 Å². The van der Waals surface area contributed by atoms with Gasteiger partial charge in [0.15, 0.2) is 0 Å². The van der Waals surface area contributed by atoms with E-state index in [1.54, 1.807) is 23.3 Å². The van der Waals surface area contributed by atoms with Crippen LogP contribution in [0.1, 0.15) is 24.2 Å². The molecule has 8 nitrogen and oxygen atoms in total. The molecule has 2 aromatic heterocycles. The summed E-state index contributed by atoms with van der Waals surface area (Å²) in [6.07, 6.45) is 5.07. The van der Waals surface area contributed by atoms with Crippen molar-refractivity contribution in [2.45, 2.75) is 25.9 Å². The van der Waals surface area contributed by atoms with Gasteiger partial charge in [0, 0.05) is 50.0 Å². The van der Waals surface area contributed by atoms with Crippen LogP contribution in [0, 0.1) is 0 Å². The summed E-state index contributed by atoms with van der Waals surface area (Å²) in [5.74, 6) is -0.213. The number of nitrogens with one attached hydrogen (secondary N) is 2. The first-order valence-electron chi connectivity index (χ1n) is 10.5. The molecule has 8 heteroatoms. The number of rotatable bonds is 3. The largest absolute Gasteiger partial charge is 0.367 e. The van der Waals surface area contributed by atoms with Gasteiger partial charge in [0.25, 0.3) is 5.91 Å². The zero-order chi connectivity index (χ0) is 21.5. The number of aryl methyl sites for hydroxylation is 1. The topological polar surface area (TPSA) is 88.0 Å². The van der Waals surface area contributed by atoms with Gasteiger partial charge in [-0.15, -0.1) is 0 Å². The average Bonchev–Trinajstić information content (AvgIpc) is 3.14. The van der Waals surface area contributed by atoms with Crippen LogP contribution in [0.4, 0.5) is 11.4 Å². The van der Waals surface area contributed by atoms with E-state index in [1.807, 2.05) is 37.4 Å². The highest BCUT2D eigenvalue weighted by molar-refractivity contribution is 6.15. The Morgan fingerprint density at radius 1 is 1.06 bits per heavy atom. The van der Waals surface area contributed by atoms with Crippen LogP contribution in [-0.4, -0.2) is 50.8 Å². The third kappa shape index (κ3) is 3.48. The molecule has 3 heterocycles. The van der Waals surface area contributed by atoms with Crippen LogP contribution >= 0.6 is 0 Å². The van der Waals surface area contributed by atoms with E-state index in [-0.39, 0.29) is 5.91 Å². The van der Waals surface area contributed by atoms with Gasteiger partial charge in [-0.1, -0.05) is 6.07 Å². The quantitative estimate of drug-likeness (QED) is 0.535. The second-order valence-electron chi connectivity index (χ2n) is 8.22. The van der Waals surface area contributed by atoms with E-state index in [0.29, 0.717) is 23.2 Å². The Morgan fingerprint density at radius 2 is 1.81 bits per heavy atom. The molecule has 2 aromatic carbocycles. The lowest BCUT2D eigenvalue weighted by Crippen LogP contribution is -2.54. The maximum atomic E-state index is 13.2. The van der Waals surface area contributed by atoms with E-state index in [4.69, 9.17) is 0 Å². The third-order valence-electron chi connectivity index (χ3n) is 5.79. The molecular weight excluding hydrogens is 390 g/mol. The Balaban J connectivity index is 1.52. The van der Waals surface area contributed by atoms with Crippen molar-refractivity contribution in [3.8, 4) is 0 Å². The summed E-state index contributed by atoms with van der Waals surface area (Å²) in [6, 6.07) is 10.4. The number of hydrogen-bond acceptors (Lipinski definition) is 6. The molecular formula is C23H25N7O. The maximum Gasteiger partial charge on any atom is 0.257 e. The van der Waals surface area contributed by atoms with Gasteiger partial charge >= 0.3 is 0 Å². The van der Waals surface area contributed by atoms with Gasteiger partial charge < -0.3 is 15.5 Å². The van der Waals surface area contributed by atoms with Crippen molar-refractivity contribution in [3.05, 3.63) is 54.5 Å². The Kier molecular flexibility index (Phi) is 4.78. The molecule has 1 aliphatic heterocycles. The number of piperazine rings is 1. The first-order chi connectivity index (χ1) is 15.0.